The predicted octanol–water partition coefficient (Wildman–Crippen LogP) is 1.48. The van der Waals surface area contributed by atoms with Crippen LogP contribution in [0.15, 0.2) is 33.6 Å². The van der Waals surface area contributed by atoms with Gasteiger partial charge in [0.2, 0.25) is 0 Å². The van der Waals surface area contributed by atoms with E-state index in [1.807, 2.05) is 0 Å². The Morgan fingerprint density at radius 2 is 1.95 bits per heavy atom. The van der Waals surface area contributed by atoms with E-state index in [-0.39, 0.29) is 30.3 Å². The number of esters is 1. The Morgan fingerprint density at radius 1 is 1.33 bits per heavy atom. The van der Waals surface area contributed by atoms with Gasteiger partial charge in [-0.3, -0.25) is 8.98 Å². The van der Waals surface area contributed by atoms with Gasteiger partial charge in [-0.2, -0.15) is 8.42 Å². The van der Waals surface area contributed by atoms with Crippen LogP contribution in [0.4, 0.5) is 0 Å². The molecule has 1 aliphatic rings. The lowest BCUT2D eigenvalue weighted by Crippen LogP contribution is -2.31. The van der Waals surface area contributed by atoms with Gasteiger partial charge < -0.3 is 10.1 Å². The number of carbonyl (C=O) groups excluding carboxylic acids is 1. The Morgan fingerprint density at radius 3 is 2.52 bits per heavy atom. The van der Waals surface area contributed by atoms with E-state index in [0.717, 1.165) is 4.47 Å². The quantitative estimate of drug-likeness (QED) is 0.609. The average Bonchev–Trinajstić information content (AvgIpc) is 2.86. The smallest absolute Gasteiger partial charge is 0.322 e. The van der Waals surface area contributed by atoms with Crippen LogP contribution in [0.3, 0.4) is 0 Å². The maximum absolute atomic E-state index is 12.1. The third-order valence-electron chi connectivity index (χ3n) is 2.94. The van der Waals surface area contributed by atoms with Crippen LogP contribution in [0.1, 0.15) is 6.42 Å². The lowest BCUT2D eigenvalue weighted by atomic mass is 10.2. The third kappa shape index (κ3) is 4.65. The normalized spacial score (nSPS) is 21.6. The van der Waals surface area contributed by atoms with E-state index in [1.165, 1.54) is 19.2 Å². The highest BCUT2D eigenvalue weighted by Crippen LogP contribution is 2.21. The summed E-state index contributed by atoms with van der Waals surface area (Å²) in [4.78, 5) is 11.4. The predicted molar refractivity (Wildman–Crippen MR) is 81.9 cm³/mol. The van der Waals surface area contributed by atoms with Gasteiger partial charge in [0.15, 0.2) is 0 Å². The fourth-order valence-corrected chi connectivity index (χ4v) is 3.28. The minimum atomic E-state index is -3.83. The lowest BCUT2D eigenvalue weighted by Gasteiger charge is -2.11. The monoisotopic (exact) mass is 399 g/mol. The van der Waals surface area contributed by atoms with Gasteiger partial charge in [-0.15, -0.1) is 12.4 Å². The average molecular weight is 401 g/mol. The molecule has 2 atom stereocenters. The molecule has 0 radical (unpaired) electrons. The van der Waals surface area contributed by atoms with Crippen molar-refractivity contribution in [2.75, 3.05) is 13.7 Å². The lowest BCUT2D eigenvalue weighted by molar-refractivity contribution is -0.142. The Bertz CT molecular complexity index is 592. The van der Waals surface area contributed by atoms with Crippen molar-refractivity contribution in [3.05, 3.63) is 28.7 Å². The van der Waals surface area contributed by atoms with E-state index in [9.17, 15) is 13.2 Å². The standard InChI is InChI=1S/C12H14BrNO5S.ClH/c1-18-12(15)11-6-9(7-14-11)19-20(16,17)10-4-2-8(13)3-5-10;/h2-5,9,11,14H,6-7H2,1H3;1H. The molecule has 0 aliphatic carbocycles. The summed E-state index contributed by atoms with van der Waals surface area (Å²) >= 11 is 3.24. The van der Waals surface area contributed by atoms with Crippen molar-refractivity contribution in [1.29, 1.82) is 0 Å². The van der Waals surface area contributed by atoms with Crippen LogP contribution in [0.5, 0.6) is 0 Å². The SMILES string of the molecule is COC(=O)C1CC(OS(=O)(=O)c2ccc(Br)cc2)CN1.Cl. The summed E-state index contributed by atoms with van der Waals surface area (Å²) in [5.74, 6) is -0.419. The highest BCUT2D eigenvalue weighted by molar-refractivity contribution is 9.10. The number of nitrogens with one attached hydrogen (secondary N) is 1. The van der Waals surface area contributed by atoms with Crippen molar-refractivity contribution >= 4 is 44.4 Å². The van der Waals surface area contributed by atoms with Crippen molar-refractivity contribution in [3.8, 4) is 0 Å². The molecule has 21 heavy (non-hydrogen) atoms. The first-order valence-electron chi connectivity index (χ1n) is 5.92. The first-order valence-corrected chi connectivity index (χ1v) is 8.12. The molecular formula is C12H15BrClNO5S. The van der Waals surface area contributed by atoms with Gasteiger partial charge in [0.1, 0.15) is 6.04 Å². The summed E-state index contributed by atoms with van der Waals surface area (Å²) in [5, 5.41) is 2.87. The van der Waals surface area contributed by atoms with E-state index in [4.69, 9.17) is 4.18 Å². The molecule has 1 saturated heterocycles. The highest BCUT2D eigenvalue weighted by Gasteiger charge is 2.34. The molecule has 1 aromatic rings. The molecule has 118 valence electrons. The zero-order chi connectivity index (χ0) is 14.8. The summed E-state index contributed by atoms with van der Waals surface area (Å²) < 4.78 is 34.6. The third-order valence-corrected chi connectivity index (χ3v) is 4.85. The molecule has 0 bridgehead atoms. The number of carbonyl (C=O) groups is 1. The van der Waals surface area contributed by atoms with Gasteiger partial charge in [0, 0.05) is 17.4 Å². The van der Waals surface area contributed by atoms with Crippen molar-refractivity contribution in [3.63, 3.8) is 0 Å². The molecule has 9 heteroatoms. The van der Waals surface area contributed by atoms with Crippen LogP contribution in [0.2, 0.25) is 0 Å². The molecule has 2 rings (SSSR count). The molecule has 1 fully saturated rings. The molecule has 2 unspecified atom stereocenters. The summed E-state index contributed by atoms with van der Waals surface area (Å²) in [6.45, 7) is 0.287. The van der Waals surface area contributed by atoms with Gasteiger partial charge >= 0.3 is 5.97 Å². The molecular weight excluding hydrogens is 386 g/mol. The minimum Gasteiger partial charge on any atom is -0.468 e. The number of methoxy groups -OCH3 is 1. The first kappa shape index (κ1) is 18.4. The van der Waals surface area contributed by atoms with E-state index >= 15 is 0 Å². The van der Waals surface area contributed by atoms with Gasteiger partial charge in [0.05, 0.1) is 18.1 Å². The number of benzene rings is 1. The molecule has 0 amide bonds. The fourth-order valence-electron chi connectivity index (χ4n) is 1.93. The summed E-state index contributed by atoms with van der Waals surface area (Å²) in [6.07, 6.45) is -0.310. The molecule has 1 aliphatic heterocycles. The van der Waals surface area contributed by atoms with Crippen molar-refractivity contribution in [2.24, 2.45) is 0 Å². The minimum absolute atomic E-state index is 0. The molecule has 1 N–H and O–H groups in total. The van der Waals surface area contributed by atoms with Gasteiger partial charge in [-0.1, -0.05) is 15.9 Å². The van der Waals surface area contributed by atoms with E-state index < -0.39 is 28.2 Å². The van der Waals surface area contributed by atoms with E-state index in [0.29, 0.717) is 0 Å². The Labute approximate surface area is 137 Å². The Hall–Kier alpha value is -0.670. The second kappa shape index (κ2) is 7.55. The molecule has 0 spiro atoms. The van der Waals surface area contributed by atoms with Crippen LogP contribution in [0, 0.1) is 0 Å². The zero-order valence-electron chi connectivity index (χ0n) is 11.1. The van der Waals surface area contributed by atoms with E-state index in [1.54, 1.807) is 12.1 Å². The zero-order valence-corrected chi connectivity index (χ0v) is 14.3. The van der Waals surface area contributed by atoms with Gasteiger partial charge in [0.25, 0.3) is 10.1 Å². The summed E-state index contributed by atoms with van der Waals surface area (Å²) in [7, 11) is -2.54. The van der Waals surface area contributed by atoms with Crippen LogP contribution in [-0.4, -0.2) is 40.2 Å². The van der Waals surface area contributed by atoms with Gasteiger partial charge in [-0.05, 0) is 24.3 Å². The van der Waals surface area contributed by atoms with Gasteiger partial charge in [-0.25, -0.2) is 0 Å². The Kier molecular flexibility index (Phi) is 6.61. The topological polar surface area (TPSA) is 81.7 Å². The van der Waals surface area contributed by atoms with E-state index in [2.05, 4.69) is 26.0 Å². The largest absolute Gasteiger partial charge is 0.468 e. The number of hydrogen-bond acceptors (Lipinski definition) is 6. The van der Waals surface area contributed by atoms with Crippen LogP contribution in [-0.2, 0) is 23.8 Å². The second-order valence-electron chi connectivity index (χ2n) is 4.35. The van der Waals surface area contributed by atoms with Crippen molar-refractivity contribution in [2.45, 2.75) is 23.5 Å². The molecule has 0 aromatic heterocycles. The second-order valence-corrected chi connectivity index (χ2v) is 6.83. The van der Waals surface area contributed by atoms with Crippen LogP contribution < -0.4 is 5.32 Å². The summed E-state index contributed by atoms with van der Waals surface area (Å²) in [6, 6.07) is 5.64. The molecule has 6 nitrogen and oxygen atoms in total. The molecule has 0 saturated carbocycles. The summed E-state index contributed by atoms with van der Waals surface area (Å²) in [5.41, 5.74) is 0. The van der Waals surface area contributed by atoms with Crippen molar-refractivity contribution < 1.29 is 22.1 Å². The highest BCUT2D eigenvalue weighted by atomic mass is 79.9. The number of hydrogen-bond donors (Lipinski definition) is 1. The van der Waals surface area contributed by atoms with Crippen LogP contribution in [0.25, 0.3) is 0 Å². The first-order chi connectivity index (χ1) is 9.42. The maximum atomic E-state index is 12.1. The number of rotatable bonds is 4. The van der Waals surface area contributed by atoms with Crippen LogP contribution >= 0.6 is 28.3 Å². The molecule has 1 aromatic carbocycles. The maximum Gasteiger partial charge on any atom is 0.322 e. The number of ether oxygens (including phenoxy) is 1. The molecule has 1 heterocycles. The number of halogens is 2. The Balaban J connectivity index is 0.00000220. The van der Waals surface area contributed by atoms with Crippen molar-refractivity contribution in [1.82, 2.24) is 5.32 Å². The fraction of sp³-hybridized carbons (Fsp3) is 0.417.